The van der Waals surface area contributed by atoms with E-state index in [1.54, 1.807) is 7.11 Å². The molecular formula is C9H17ClO. The van der Waals surface area contributed by atoms with Crippen molar-refractivity contribution in [2.24, 2.45) is 5.41 Å². The molecule has 1 fully saturated rings. The molecule has 0 heterocycles. The number of methoxy groups -OCH3 is 1. The van der Waals surface area contributed by atoms with Gasteiger partial charge in [0.1, 0.15) is 0 Å². The molecule has 0 bridgehead atoms. The monoisotopic (exact) mass is 176 g/mol. The number of halogens is 1. The topological polar surface area (TPSA) is 9.23 Å². The minimum absolute atomic E-state index is 0.274. The van der Waals surface area contributed by atoms with Crippen molar-refractivity contribution >= 4 is 11.6 Å². The Morgan fingerprint density at radius 2 is 2.00 bits per heavy atom. The van der Waals surface area contributed by atoms with Gasteiger partial charge in [0.2, 0.25) is 0 Å². The zero-order valence-electron chi connectivity index (χ0n) is 7.56. The molecule has 1 aliphatic rings. The summed E-state index contributed by atoms with van der Waals surface area (Å²) in [7, 11) is 1.79. The van der Waals surface area contributed by atoms with Gasteiger partial charge in [-0.2, -0.15) is 0 Å². The quantitative estimate of drug-likeness (QED) is 0.601. The lowest BCUT2D eigenvalue weighted by molar-refractivity contribution is -0.0907. The van der Waals surface area contributed by atoms with Gasteiger partial charge in [-0.1, -0.05) is 13.8 Å². The van der Waals surface area contributed by atoms with Crippen molar-refractivity contribution in [2.45, 2.75) is 44.6 Å². The Labute approximate surface area is 74.1 Å². The molecule has 1 rings (SSSR count). The number of hydrogen-bond donors (Lipinski definition) is 0. The van der Waals surface area contributed by atoms with Crippen molar-refractivity contribution in [1.29, 1.82) is 0 Å². The number of alkyl halides is 1. The standard InChI is InChI=1S/C9H17ClO/c1-4-9(5-2)7(10)6-8(9)11-3/h7-8H,4-6H2,1-3H3. The fourth-order valence-electron chi connectivity index (χ4n) is 2.18. The first-order valence-electron chi connectivity index (χ1n) is 4.38. The molecule has 2 heteroatoms. The maximum Gasteiger partial charge on any atom is 0.0655 e. The molecule has 1 aliphatic carbocycles. The first kappa shape index (κ1) is 9.34. The summed E-state index contributed by atoms with van der Waals surface area (Å²) < 4.78 is 5.37. The summed E-state index contributed by atoms with van der Waals surface area (Å²) in [4.78, 5) is 0. The van der Waals surface area contributed by atoms with Crippen LogP contribution in [0.25, 0.3) is 0 Å². The minimum atomic E-state index is 0.274. The molecular weight excluding hydrogens is 160 g/mol. The largest absolute Gasteiger partial charge is 0.381 e. The maximum absolute atomic E-state index is 6.17. The summed E-state index contributed by atoms with van der Waals surface area (Å²) >= 11 is 6.17. The van der Waals surface area contributed by atoms with Crippen molar-refractivity contribution in [3.8, 4) is 0 Å². The van der Waals surface area contributed by atoms with Crippen LogP contribution in [0.5, 0.6) is 0 Å². The van der Waals surface area contributed by atoms with Crippen LogP contribution in [-0.2, 0) is 4.74 Å². The first-order chi connectivity index (χ1) is 5.21. The Bertz CT molecular complexity index is 132. The zero-order chi connectivity index (χ0) is 8.48. The van der Waals surface area contributed by atoms with E-state index in [0.717, 1.165) is 19.3 Å². The lowest BCUT2D eigenvalue weighted by Gasteiger charge is -2.52. The Morgan fingerprint density at radius 3 is 2.18 bits per heavy atom. The molecule has 0 saturated heterocycles. The molecule has 0 N–H and O–H groups in total. The van der Waals surface area contributed by atoms with Crippen LogP contribution in [0.15, 0.2) is 0 Å². The number of rotatable bonds is 3. The highest BCUT2D eigenvalue weighted by atomic mass is 35.5. The summed E-state index contributed by atoms with van der Waals surface area (Å²) in [5.41, 5.74) is 0.274. The van der Waals surface area contributed by atoms with E-state index >= 15 is 0 Å². The fraction of sp³-hybridized carbons (Fsp3) is 1.00. The van der Waals surface area contributed by atoms with Crippen LogP contribution in [0.1, 0.15) is 33.1 Å². The SMILES string of the molecule is CCC1(CC)C(Cl)CC1OC. The van der Waals surface area contributed by atoms with Gasteiger partial charge in [0.05, 0.1) is 6.10 Å². The molecule has 0 amide bonds. The summed E-state index contributed by atoms with van der Waals surface area (Å²) in [6, 6.07) is 0. The molecule has 11 heavy (non-hydrogen) atoms. The molecule has 0 aromatic rings. The summed E-state index contributed by atoms with van der Waals surface area (Å²) in [5.74, 6) is 0. The lowest BCUT2D eigenvalue weighted by Crippen LogP contribution is -2.54. The highest BCUT2D eigenvalue weighted by molar-refractivity contribution is 6.21. The third-order valence-electron chi connectivity index (χ3n) is 3.29. The average Bonchev–Trinajstić information content (AvgIpc) is 2.02. The fourth-order valence-corrected chi connectivity index (χ4v) is 2.79. The number of ether oxygens (including phenoxy) is 1. The van der Waals surface area contributed by atoms with Crippen LogP contribution in [0.3, 0.4) is 0 Å². The highest BCUT2D eigenvalue weighted by Gasteiger charge is 2.51. The van der Waals surface area contributed by atoms with Gasteiger partial charge in [-0.05, 0) is 19.3 Å². The number of hydrogen-bond acceptors (Lipinski definition) is 1. The van der Waals surface area contributed by atoms with Crippen LogP contribution < -0.4 is 0 Å². The first-order valence-corrected chi connectivity index (χ1v) is 4.81. The van der Waals surface area contributed by atoms with Crippen molar-refractivity contribution in [1.82, 2.24) is 0 Å². The normalized spacial score (nSPS) is 34.9. The van der Waals surface area contributed by atoms with Crippen LogP contribution >= 0.6 is 11.6 Å². The van der Waals surface area contributed by atoms with E-state index in [-0.39, 0.29) is 5.41 Å². The van der Waals surface area contributed by atoms with E-state index in [1.165, 1.54) is 0 Å². The van der Waals surface area contributed by atoms with Gasteiger partial charge in [0, 0.05) is 17.9 Å². The summed E-state index contributed by atoms with van der Waals surface area (Å²) in [6.07, 6.45) is 3.70. The predicted octanol–water partition coefficient (Wildman–Crippen LogP) is 2.82. The Balaban J connectivity index is 2.62. The van der Waals surface area contributed by atoms with E-state index in [1.807, 2.05) is 0 Å². The van der Waals surface area contributed by atoms with Crippen LogP contribution in [0.4, 0.5) is 0 Å². The van der Waals surface area contributed by atoms with Crippen molar-refractivity contribution in [2.75, 3.05) is 7.11 Å². The molecule has 2 unspecified atom stereocenters. The second-order valence-corrected chi connectivity index (χ2v) is 3.89. The van der Waals surface area contributed by atoms with Crippen molar-refractivity contribution < 1.29 is 4.74 Å². The summed E-state index contributed by atoms with van der Waals surface area (Å²) in [6.45, 7) is 4.40. The maximum atomic E-state index is 6.17. The average molecular weight is 177 g/mol. The third-order valence-corrected chi connectivity index (χ3v) is 3.90. The highest BCUT2D eigenvalue weighted by Crippen LogP contribution is 2.51. The van der Waals surface area contributed by atoms with Gasteiger partial charge < -0.3 is 4.74 Å². The molecule has 66 valence electrons. The van der Waals surface area contributed by atoms with Gasteiger partial charge in [-0.3, -0.25) is 0 Å². The van der Waals surface area contributed by atoms with Crippen LogP contribution in [0.2, 0.25) is 0 Å². The molecule has 0 spiro atoms. The molecule has 1 saturated carbocycles. The van der Waals surface area contributed by atoms with E-state index in [2.05, 4.69) is 13.8 Å². The van der Waals surface area contributed by atoms with Gasteiger partial charge in [-0.25, -0.2) is 0 Å². The zero-order valence-corrected chi connectivity index (χ0v) is 8.32. The van der Waals surface area contributed by atoms with Crippen molar-refractivity contribution in [3.63, 3.8) is 0 Å². The molecule has 0 radical (unpaired) electrons. The third kappa shape index (κ3) is 1.19. The van der Waals surface area contributed by atoms with Crippen LogP contribution in [-0.4, -0.2) is 18.6 Å². The van der Waals surface area contributed by atoms with E-state index in [0.29, 0.717) is 11.5 Å². The smallest absolute Gasteiger partial charge is 0.0655 e. The van der Waals surface area contributed by atoms with Gasteiger partial charge >= 0.3 is 0 Å². The van der Waals surface area contributed by atoms with Gasteiger partial charge in [-0.15, -0.1) is 11.6 Å². The molecule has 0 aromatic heterocycles. The minimum Gasteiger partial charge on any atom is -0.381 e. The Hall–Kier alpha value is 0.250. The van der Waals surface area contributed by atoms with Crippen molar-refractivity contribution in [3.05, 3.63) is 0 Å². The van der Waals surface area contributed by atoms with E-state index < -0.39 is 0 Å². The Kier molecular flexibility index (Phi) is 2.82. The lowest BCUT2D eigenvalue weighted by atomic mass is 9.62. The molecule has 0 aliphatic heterocycles. The van der Waals surface area contributed by atoms with Gasteiger partial charge in [0.15, 0.2) is 0 Å². The molecule has 2 atom stereocenters. The Morgan fingerprint density at radius 1 is 1.45 bits per heavy atom. The predicted molar refractivity (Wildman–Crippen MR) is 48.1 cm³/mol. The van der Waals surface area contributed by atoms with Gasteiger partial charge in [0.25, 0.3) is 0 Å². The summed E-state index contributed by atoms with van der Waals surface area (Å²) in [5, 5.41) is 0.336. The van der Waals surface area contributed by atoms with E-state index in [9.17, 15) is 0 Å². The molecule has 1 nitrogen and oxygen atoms in total. The second kappa shape index (κ2) is 3.32. The van der Waals surface area contributed by atoms with E-state index in [4.69, 9.17) is 16.3 Å². The van der Waals surface area contributed by atoms with Crippen LogP contribution in [0, 0.1) is 5.41 Å². The molecule has 0 aromatic carbocycles. The second-order valence-electron chi connectivity index (χ2n) is 3.37.